The monoisotopic (exact) mass is 564 g/mol. The molecule has 220 valence electrons. The number of carbonyl (C=O) groups excluding carboxylic acids is 2. The minimum absolute atomic E-state index is 0.0177. The van der Waals surface area contributed by atoms with E-state index in [1.807, 2.05) is 11.8 Å². The van der Waals surface area contributed by atoms with Crippen molar-refractivity contribution in [2.24, 2.45) is 5.92 Å². The maximum Gasteiger partial charge on any atom is 0.246 e. The van der Waals surface area contributed by atoms with Crippen LogP contribution in [0.4, 0.5) is 0 Å². The van der Waals surface area contributed by atoms with E-state index in [1.165, 1.54) is 11.8 Å². The second-order valence-corrected chi connectivity index (χ2v) is 14.3. The summed E-state index contributed by atoms with van der Waals surface area (Å²) in [5.41, 5.74) is 2.60. The number of nitrogens with one attached hydrogen (secondary N) is 1. The van der Waals surface area contributed by atoms with Gasteiger partial charge < -0.3 is 10.2 Å². The average Bonchev–Trinajstić information content (AvgIpc) is 3.16. The molecule has 0 aromatic carbocycles. The quantitative estimate of drug-likeness (QED) is 0.494. The van der Waals surface area contributed by atoms with Crippen LogP contribution in [0.25, 0.3) is 0 Å². The molecule has 0 bridgehead atoms. The van der Waals surface area contributed by atoms with E-state index < -0.39 is 21.6 Å². The molecule has 11 heteroatoms. The van der Waals surface area contributed by atoms with E-state index in [4.69, 9.17) is 5.10 Å². The van der Waals surface area contributed by atoms with Crippen LogP contribution in [-0.4, -0.2) is 94.7 Å². The minimum atomic E-state index is -3.16. The van der Waals surface area contributed by atoms with Crippen LogP contribution in [0.15, 0.2) is 0 Å². The topological polar surface area (TPSA) is 108 Å². The molecule has 1 aromatic rings. The highest BCUT2D eigenvalue weighted by Crippen LogP contribution is 2.35. The van der Waals surface area contributed by atoms with Gasteiger partial charge in [-0.3, -0.25) is 19.2 Å². The standard InChI is InChI=1S/C28H48N6O4S/c1-7-8-13-33-26(35)25(18-20(2)3)29-27(36)28(33)11-16-31(17-12-28)19-24-21(4)30-34(22(24)5)23-9-14-32(15-10-23)39(6,37)38/h20,23,25H,7-19H2,1-6H3,(H,29,36)/t25-/m0/s1. The van der Waals surface area contributed by atoms with E-state index in [0.717, 1.165) is 56.7 Å². The molecular weight excluding hydrogens is 516 g/mol. The summed E-state index contributed by atoms with van der Waals surface area (Å²) in [5, 5.41) is 7.97. The van der Waals surface area contributed by atoms with E-state index in [-0.39, 0.29) is 17.9 Å². The molecule has 2 amide bonds. The molecule has 10 nitrogen and oxygen atoms in total. The molecule has 0 radical (unpaired) electrons. The number of rotatable bonds is 9. The fourth-order valence-corrected chi connectivity index (χ4v) is 7.52. The fraction of sp³-hybridized carbons (Fsp3) is 0.821. The van der Waals surface area contributed by atoms with Gasteiger partial charge in [0.05, 0.1) is 18.0 Å². The number of amides is 2. The Hall–Kier alpha value is -1.98. The second kappa shape index (κ2) is 11.9. The number of sulfonamides is 1. The van der Waals surface area contributed by atoms with E-state index >= 15 is 0 Å². The Morgan fingerprint density at radius 1 is 1.08 bits per heavy atom. The molecule has 3 saturated heterocycles. The predicted molar refractivity (Wildman–Crippen MR) is 152 cm³/mol. The largest absolute Gasteiger partial charge is 0.342 e. The summed E-state index contributed by atoms with van der Waals surface area (Å²) in [7, 11) is -3.16. The maximum absolute atomic E-state index is 13.5. The molecule has 39 heavy (non-hydrogen) atoms. The van der Waals surface area contributed by atoms with Crippen molar-refractivity contribution in [2.75, 3.05) is 39.0 Å². The van der Waals surface area contributed by atoms with Gasteiger partial charge in [0.15, 0.2) is 0 Å². The van der Waals surface area contributed by atoms with Crippen molar-refractivity contribution in [1.82, 2.24) is 29.2 Å². The van der Waals surface area contributed by atoms with Gasteiger partial charge in [-0.1, -0.05) is 27.2 Å². The van der Waals surface area contributed by atoms with Gasteiger partial charge in [0.25, 0.3) is 0 Å². The first-order valence-corrected chi connectivity index (χ1v) is 16.6. The predicted octanol–water partition coefficient (Wildman–Crippen LogP) is 2.60. The Balaban J connectivity index is 1.43. The van der Waals surface area contributed by atoms with Gasteiger partial charge in [0, 0.05) is 50.5 Å². The third-order valence-electron chi connectivity index (χ3n) is 9.03. The molecule has 4 heterocycles. The lowest BCUT2D eigenvalue weighted by molar-refractivity contribution is -0.161. The van der Waals surface area contributed by atoms with Crippen molar-refractivity contribution in [3.8, 4) is 0 Å². The summed E-state index contributed by atoms with van der Waals surface area (Å²) in [6, 6.07) is -0.221. The minimum Gasteiger partial charge on any atom is -0.342 e. The average molecular weight is 565 g/mol. The Morgan fingerprint density at radius 2 is 1.72 bits per heavy atom. The van der Waals surface area contributed by atoms with Crippen LogP contribution < -0.4 is 5.32 Å². The Labute approximate surface area is 234 Å². The Kier molecular flexibility index (Phi) is 9.12. The molecule has 1 spiro atoms. The van der Waals surface area contributed by atoms with E-state index in [2.05, 4.69) is 42.6 Å². The number of nitrogens with zero attached hydrogens (tertiary/aromatic N) is 5. The molecule has 4 rings (SSSR count). The number of aryl methyl sites for hydroxylation is 1. The van der Waals surface area contributed by atoms with Crippen molar-refractivity contribution >= 4 is 21.8 Å². The number of carbonyl (C=O) groups is 2. The van der Waals surface area contributed by atoms with Crippen LogP contribution in [-0.2, 0) is 26.2 Å². The Bertz CT molecular complexity index is 1150. The summed E-state index contributed by atoms with van der Waals surface area (Å²) in [6.45, 7) is 14.4. The number of hydrogen-bond donors (Lipinski definition) is 1. The van der Waals surface area contributed by atoms with Gasteiger partial charge in [-0.15, -0.1) is 0 Å². The number of piperidine rings is 2. The van der Waals surface area contributed by atoms with E-state index in [0.29, 0.717) is 44.8 Å². The number of hydrogen-bond acceptors (Lipinski definition) is 6. The summed E-state index contributed by atoms with van der Waals surface area (Å²) < 4.78 is 27.5. The molecule has 0 aliphatic carbocycles. The van der Waals surface area contributed by atoms with E-state index in [9.17, 15) is 18.0 Å². The lowest BCUT2D eigenvalue weighted by Gasteiger charge is -2.52. The molecule has 1 atom stereocenters. The van der Waals surface area contributed by atoms with Crippen molar-refractivity contribution in [3.63, 3.8) is 0 Å². The molecular formula is C28H48N6O4S. The number of aromatic nitrogens is 2. The molecule has 3 fully saturated rings. The molecule has 3 aliphatic rings. The van der Waals surface area contributed by atoms with Crippen molar-refractivity contribution in [3.05, 3.63) is 17.0 Å². The first kappa shape index (κ1) is 30.0. The fourth-order valence-electron chi connectivity index (χ4n) is 6.65. The lowest BCUT2D eigenvalue weighted by Crippen LogP contribution is -2.73. The van der Waals surface area contributed by atoms with Gasteiger partial charge in [0.2, 0.25) is 21.8 Å². The molecule has 3 aliphatic heterocycles. The number of likely N-dealkylation sites (tertiary alicyclic amines) is 1. The van der Waals surface area contributed by atoms with Crippen LogP contribution >= 0.6 is 0 Å². The maximum atomic E-state index is 13.5. The SMILES string of the molecule is CCCCN1C(=O)[C@H](CC(C)C)NC(=O)C12CCN(Cc1c(C)nn(C3CCN(S(C)(=O)=O)CC3)c1C)CC2. The van der Waals surface area contributed by atoms with Crippen molar-refractivity contribution < 1.29 is 18.0 Å². The summed E-state index contributed by atoms with van der Waals surface area (Å²) in [4.78, 5) is 31.4. The third-order valence-corrected chi connectivity index (χ3v) is 10.3. The first-order chi connectivity index (χ1) is 18.4. The number of piperazine rings is 1. The van der Waals surface area contributed by atoms with Gasteiger partial charge in [0.1, 0.15) is 11.6 Å². The van der Waals surface area contributed by atoms with Crippen LogP contribution in [0.3, 0.4) is 0 Å². The summed E-state index contributed by atoms with van der Waals surface area (Å²) in [6.07, 6.45) is 6.63. The second-order valence-electron chi connectivity index (χ2n) is 12.3. The van der Waals surface area contributed by atoms with Gasteiger partial charge >= 0.3 is 0 Å². The lowest BCUT2D eigenvalue weighted by atomic mass is 9.80. The normalized spacial score (nSPS) is 23.7. The molecule has 0 unspecified atom stereocenters. The summed E-state index contributed by atoms with van der Waals surface area (Å²) in [5.74, 6) is 0.437. The van der Waals surface area contributed by atoms with Gasteiger partial charge in [-0.25, -0.2) is 12.7 Å². The van der Waals surface area contributed by atoms with Crippen molar-refractivity contribution in [2.45, 2.75) is 104 Å². The van der Waals surface area contributed by atoms with E-state index in [1.54, 1.807) is 4.31 Å². The van der Waals surface area contributed by atoms with Crippen LogP contribution in [0.1, 0.15) is 88.7 Å². The van der Waals surface area contributed by atoms with Crippen molar-refractivity contribution in [1.29, 1.82) is 0 Å². The molecule has 0 saturated carbocycles. The third kappa shape index (κ3) is 6.20. The zero-order valence-corrected chi connectivity index (χ0v) is 25.5. The smallest absolute Gasteiger partial charge is 0.246 e. The highest BCUT2D eigenvalue weighted by molar-refractivity contribution is 7.88. The molecule has 1 aromatic heterocycles. The van der Waals surface area contributed by atoms with Crippen LogP contribution in [0.5, 0.6) is 0 Å². The van der Waals surface area contributed by atoms with Crippen LogP contribution in [0.2, 0.25) is 0 Å². The highest BCUT2D eigenvalue weighted by atomic mass is 32.2. The number of unbranched alkanes of at least 4 members (excludes halogenated alkanes) is 1. The van der Waals surface area contributed by atoms with Gasteiger partial charge in [-0.2, -0.15) is 5.10 Å². The highest BCUT2D eigenvalue weighted by Gasteiger charge is 2.53. The molecule has 1 N–H and O–H groups in total. The first-order valence-electron chi connectivity index (χ1n) is 14.7. The van der Waals surface area contributed by atoms with Gasteiger partial charge in [-0.05, 0) is 58.3 Å². The zero-order chi connectivity index (χ0) is 28.5. The Morgan fingerprint density at radius 3 is 2.28 bits per heavy atom. The summed E-state index contributed by atoms with van der Waals surface area (Å²) >= 11 is 0. The van der Waals surface area contributed by atoms with Crippen LogP contribution in [0, 0.1) is 19.8 Å². The zero-order valence-electron chi connectivity index (χ0n) is 24.7.